The second-order valence-electron chi connectivity index (χ2n) is 7.98. The second-order valence-corrected chi connectivity index (χ2v) is 7.98. The van der Waals surface area contributed by atoms with Gasteiger partial charge in [0.15, 0.2) is 0 Å². The monoisotopic (exact) mass is 423 g/mol. The average Bonchev–Trinajstić information content (AvgIpc) is 2.79. The van der Waals surface area contributed by atoms with E-state index in [-0.39, 0.29) is 11.7 Å². The van der Waals surface area contributed by atoms with Gasteiger partial charge in [-0.15, -0.1) is 0 Å². The minimum absolute atomic E-state index is 0.0516. The number of carbonyl (C=O) groups excluding carboxylic acids is 1. The van der Waals surface area contributed by atoms with Crippen LogP contribution in [0.2, 0.25) is 0 Å². The Kier molecular flexibility index (Phi) is 9.33. The summed E-state index contributed by atoms with van der Waals surface area (Å²) < 4.78 is 5.10. The summed E-state index contributed by atoms with van der Waals surface area (Å²) in [6, 6.07) is 10.3. The van der Waals surface area contributed by atoms with Crippen LogP contribution in [-0.2, 0) is 15.9 Å². The van der Waals surface area contributed by atoms with E-state index in [2.05, 4.69) is 20.4 Å². The van der Waals surface area contributed by atoms with Gasteiger partial charge in [-0.25, -0.2) is 0 Å². The summed E-state index contributed by atoms with van der Waals surface area (Å²) in [5.74, 6) is 0.786. The Hall–Kier alpha value is -2.42. The van der Waals surface area contributed by atoms with Crippen molar-refractivity contribution in [3.8, 4) is 5.75 Å². The maximum atomic E-state index is 12.9. The fraction of sp³-hybridized carbons (Fsp3) is 0.478. The summed E-state index contributed by atoms with van der Waals surface area (Å²) >= 11 is 0. The molecule has 7 nitrogen and oxygen atoms in total. The van der Waals surface area contributed by atoms with E-state index in [1.165, 1.54) is 0 Å². The zero-order valence-electron chi connectivity index (χ0n) is 18.2. The minimum Gasteiger partial charge on any atom is -0.508 e. The number of benzene rings is 1. The number of aromatic nitrogens is 1. The van der Waals surface area contributed by atoms with E-state index in [4.69, 9.17) is 4.65 Å². The number of aromatic hydroxyl groups is 1. The van der Waals surface area contributed by atoms with Crippen molar-refractivity contribution in [1.29, 1.82) is 0 Å². The quantitative estimate of drug-likeness (QED) is 0.480. The standard InChI is InChI=1S/C23H32BN4O3/c1-31-24-28-16-10-19(11-17-28)8-14-26-22(20-2-4-21(29)5-3-20)23(30)27-15-9-18-6-12-25-13-7-18/h2-7,12-13,19,22,26,29H,8-11,14-17H2,1H3,(H,27,30). The van der Waals surface area contributed by atoms with Gasteiger partial charge in [0.05, 0.1) is 0 Å². The highest BCUT2D eigenvalue weighted by molar-refractivity contribution is 6.23. The fourth-order valence-corrected chi connectivity index (χ4v) is 3.94. The molecule has 0 saturated carbocycles. The van der Waals surface area contributed by atoms with Crippen molar-refractivity contribution < 1.29 is 14.6 Å². The molecule has 8 heteroatoms. The van der Waals surface area contributed by atoms with Crippen molar-refractivity contribution in [2.24, 2.45) is 5.92 Å². The number of nitrogens with one attached hydrogen (secondary N) is 2. The number of phenolic OH excluding ortho intramolecular Hbond substituents is 1. The Morgan fingerprint density at radius 1 is 1.19 bits per heavy atom. The second kappa shape index (κ2) is 12.4. The van der Waals surface area contributed by atoms with Crippen LogP contribution < -0.4 is 10.6 Å². The van der Waals surface area contributed by atoms with Gasteiger partial charge in [-0.3, -0.25) is 9.78 Å². The van der Waals surface area contributed by atoms with Crippen molar-refractivity contribution >= 4 is 13.5 Å². The molecule has 1 unspecified atom stereocenters. The van der Waals surface area contributed by atoms with Crippen LogP contribution in [0.3, 0.4) is 0 Å². The molecule has 3 rings (SSSR count). The SMILES string of the molecule is CO[B]N1CCC(CCNC(C(=O)NCCc2ccncc2)c2ccc(O)cc2)CC1. The number of hydrogen-bond acceptors (Lipinski definition) is 6. The molecule has 1 aliphatic rings. The molecule has 1 amide bonds. The lowest BCUT2D eigenvalue weighted by molar-refractivity contribution is -0.123. The first-order valence-corrected chi connectivity index (χ1v) is 10.9. The Bertz CT molecular complexity index is 783. The molecule has 1 atom stereocenters. The molecule has 1 saturated heterocycles. The molecule has 1 fully saturated rings. The Balaban J connectivity index is 1.50. The van der Waals surface area contributed by atoms with E-state index >= 15 is 0 Å². The molecule has 165 valence electrons. The maximum absolute atomic E-state index is 12.9. The number of rotatable bonds is 11. The number of carbonyl (C=O) groups is 1. The van der Waals surface area contributed by atoms with Crippen LogP contribution in [0.4, 0.5) is 0 Å². The highest BCUT2D eigenvalue weighted by atomic mass is 16.4. The van der Waals surface area contributed by atoms with Gasteiger partial charge in [-0.05, 0) is 86.6 Å². The van der Waals surface area contributed by atoms with Crippen LogP contribution in [-0.4, -0.2) is 61.7 Å². The number of phenols is 1. The molecule has 31 heavy (non-hydrogen) atoms. The number of piperidine rings is 1. The van der Waals surface area contributed by atoms with Gasteiger partial charge in [0.2, 0.25) is 5.91 Å². The van der Waals surface area contributed by atoms with Gasteiger partial charge in [0.25, 0.3) is 0 Å². The molecule has 0 bridgehead atoms. The molecule has 2 aromatic rings. The summed E-state index contributed by atoms with van der Waals surface area (Å²) in [5.41, 5.74) is 1.99. The molecular weight excluding hydrogens is 391 g/mol. The predicted molar refractivity (Wildman–Crippen MR) is 121 cm³/mol. The Labute approximate surface area is 185 Å². The fourth-order valence-electron chi connectivity index (χ4n) is 3.94. The van der Waals surface area contributed by atoms with E-state index in [0.717, 1.165) is 56.4 Å². The highest BCUT2D eigenvalue weighted by Gasteiger charge is 2.22. The molecule has 1 aromatic heterocycles. The van der Waals surface area contributed by atoms with Gasteiger partial charge < -0.3 is 25.2 Å². The topological polar surface area (TPSA) is 86.7 Å². The van der Waals surface area contributed by atoms with E-state index in [1.807, 2.05) is 12.1 Å². The van der Waals surface area contributed by atoms with Gasteiger partial charge in [-0.1, -0.05) is 12.1 Å². The lowest BCUT2D eigenvalue weighted by Crippen LogP contribution is -2.40. The normalized spacial score (nSPS) is 16.0. The smallest absolute Gasteiger partial charge is 0.398 e. The first-order valence-electron chi connectivity index (χ1n) is 10.9. The third-order valence-electron chi connectivity index (χ3n) is 5.76. The molecule has 1 aromatic carbocycles. The zero-order valence-corrected chi connectivity index (χ0v) is 18.2. The van der Waals surface area contributed by atoms with Gasteiger partial charge >= 0.3 is 7.62 Å². The first-order chi connectivity index (χ1) is 15.2. The number of nitrogens with zero attached hydrogens (tertiary/aromatic N) is 2. The van der Waals surface area contributed by atoms with Gasteiger partial charge in [-0.2, -0.15) is 0 Å². The van der Waals surface area contributed by atoms with E-state index in [0.29, 0.717) is 12.5 Å². The van der Waals surface area contributed by atoms with Crippen LogP contribution in [0.5, 0.6) is 5.75 Å². The summed E-state index contributed by atoms with van der Waals surface area (Å²) in [7, 11) is 3.48. The van der Waals surface area contributed by atoms with Crippen molar-refractivity contribution in [3.63, 3.8) is 0 Å². The third-order valence-corrected chi connectivity index (χ3v) is 5.76. The highest BCUT2D eigenvalue weighted by Crippen LogP contribution is 2.21. The summed E-state index contributed by atoms with van der Waals surface area (Å²) in [5, 5.41) is 16.1. The lowest BCUT2D eigenvalue weighted by Gasteiger charge is -2.31. The van der Waals surface area contributed by atoms with Crippen molar-refractivity contribution in [1.82, 2.24) is 20.4 Å². The zero-order chi connectivity index (χ0) is 21.9. The van der Waals surface area contributed by atoms with Crippen LogP contribution in [0.15, 0.2) is 48.8 Å². The van der Waals surface area contributed by atoms with Crippen LogP contribution in [0.1, 0.15) is 36.4 Å². The van der Waals surface area contributed by atoms with E-state index in [9.17, 15) is 9.90 Å². The van der Waals surface area contributed by atoms with Gasteiger partial charge in [0.1, 0.15) is 11.8 Å². The summed E-state index contributed by atoms with van der Waals surface area (Å²) in [6.45, 7) is 3.35. The Morgan fingerprint density at radius 2 is 1.90 bits per heavy atom. The molecule has 1 aliphatic heterocycles. The average molecular weight is 423 g/mol. The summed E-state index contributed by atoms with van der Waals surface area (Å²) in [4.78, 5) is 19.2. The van der Waals surface area contributed by atoms with Crippen LogP contribution in [0, 0.1) is 5.92 Å². The molecule has 0 spiro atoms. The summed E-state index contributed by atoms with van der Waals surface area (Å²) in [6.07, 6.45) is 7.56. The Morgan fingerprint density at radius 3 is 2.58 bits per heavy atom. The van der Waals surface area contributed by atoms with Crippen LogP contribution >= 0.6 is 0 Å². The molecule has 0 aliphatic carbocycles. The van der Waals surface area contributed by atoms with Crippen molar-refractivity contribution in [2.45, 2.75) is 31.7 Å². The largest absolute Gasteiger partial charge is 0.508 e. The van der Waals surface area contributed by atoms with Crippen molar-refractivity contribution in [2.75, 3.05) is 33.3 Å². The molecule has 1 radical (unpaired) electrons. The predicted octanol–water partition coefficient (Wildman–Crippen LogP) is 2.06. The lowest BCUT2D eigenvalue weighted by atomic mass is 9.91. The molecular formula is C23H32BN4O3. The number of hydrogen-bond donors (Lipinski definition) is 3. The third kappa shape index (κ3) is 7.65. The van der Waals surface area contributed by atoms with E-state index < -0.39 is 6.04 Å². The number of amides is 1. The molecule has 3 N–H and O–H groups in total. The van der Waals surface area contributed by atoms with Crippen LogP contribution in [0.25, 0.3) is 0 Å². The first kappa shape index (κ1) is 23.3. The van der Waals surface area contributed by atoms with Gasteiger partial charge in [0, 0.05) is 26.0 Å². The maximum Gasteiger partial charge on any atom is 0.398 e. The molecule has 2 heterocycles. The van der Waals surface area contributed by atoms with Crippen molar-refractivity contribution in [3.05, 3.63) is 59.9 Å². The van der Waals surface area contributed by atoms with E-state index in [1.54, 1.807) is 51.4 Å². The minimum atomic E-state index is -0.444. The number of pyridine rings is 1.